The molecule has 1 rings (SSSR count). The number of hydrogen-bond donors (Lipinski definition) is 2. The van der Waals surface area contributed by atoms with Gasteiger partial charge in [-0.15, -0.1) is 0 Å². The molecule has 0 saturated carbocycles. The summed E-state index contributed by atoms with van der Waals surface area (Å²) in [5, 5.41) is 11.7. The molecular weight excluding hydrogens is 318 g/mol. The minimum Gasteiger partial charge on any atom is -0.480 e. The number of carbonyl (C=O) groups excluding carboxylic acids is 1. The van der Waals surface area contributed by atoms with Crippen molar-refractivity contribution in [3.8, 4) is 0 Å². The first-order valence-corrected chi connectivity index (χ1v) is 8.51. The Morgan fingerprint density at radius 1 is 1.38 bits per heavy atom. The number of halogens is 1. The molecule has 0 aromatic heterocycles. The van der Waals surface area contributed by atoms with Crippen LogP contribution in [-0.2, 0) is 14.6 Å². The smallest absolute Gasteiger partial charge is 0.326 e. The van der Waals surface area contributed by atoms with E-state index >= 15 is 0 Å². The molecule has 0 radical (unpaired) electrons. The van der Waals surface area contributed by atoms with Gasteiger partial charge in [0, 0.05) is 16.8 Å². The van der Waals surface area contributed by atoms with Gasteiger partial charge in [-0.05, 0) is 31.0 Å². The standard InChI is InChI=1S/C13H16ClNO5S/c1-8-3-4-9(7-10(8)14)12(16)15-11(13(17)18)5-6-21(2,19)20/h3-4,7,11H,5-6H2,1-2H3,(H,15,16)(H,17,18). The first-order chi connectivity index (χ1) is 9.60. The number of carboxylic acid groups (broad SMARTS) is 1. The molecule has 8 heteroatoms. The second-order valence-electron chi connectivity index (χ2n) is 4.75. The van der Waals surface area contributed by atoms with Crippen LogP contribution in [0.4, 0.5) is 0 Å². The van der Waals surface area contributed by atoms with E-state index in [9.17, 15) is 18.0 Å². The second-order valence-corrected chi connectivity index (χ2v) is 7.41. The van der Waals surface area contributed by atoms with Crippen LogP contribution in [0, 0.1) is 6.92 Å². The van der Waals surface area contributed by atoms with Crippen LogP contribution in [0.1, 0.15) is 22.3 Å². The first-order valence-electron chi connectivity index (χ1n) is 6.07. The number of nitrogens with one attached hydrogen (secondary N) is 1. The van der Waals surface area contributed by atoms with Crippen LogP contribution in [-0.4, -0.2) is 43.5 Å². The summed E-state index contributed by atoms with van der Waals surface area (Å²) in [5.74, 6) is -2.22. The van der Waals surface area contributed by atoms with Gasteiger partial charge in [-0.25, -0.2) is 13.2 Å². The summed E-state index contributed by atoms with van der Waals surface area (Å²) in [4.78, 5) is 23.0. The molecule has 1 aromatic carbocycles. The fourth-order valence-electron chi connectivity index (χ4n) is 1.56. The Morgan fingerprint density at radius 2 is 2.00 bits per heavy atom. The Morgan fingerprint density at radius 3 is 2.48 bits per heavy atom. The van der Waals surface area contributed by atoms with Crippen LogP contribution in [0.25, 0.3) is 0 Å². The quantitative estimate of drug-likeness (QED) is 0.816. The third kappa shape index (κ3) is 5.73. The highest BCUT2D eigenvalue weighted by molar-refractivity contribution is 7.90. The van der Waals surface area contributed by atoms with Crippen molar-refractivity contribution in [2.75, 3.05) is 12.0 Å². The van der Waals surface area contributed by atoms with Gasteiger partial charge < -0.3 is 10.4 Å². The number of benzene rings is 1. The molecule has 1 aromatic rings. The number of sulfone groups is 1. The molecule has 0 fully saturated rings. The molecule has 2 N–H and O–H groups in total. The highest BCUT2D eigenvalue weighted by Gasteiger charge is 2.22. The van der Waals surface area contributed by atoms with Gasteiger partial charge in [0.15, 0.2) is 0 Å². The van der Waals surface area contributed by atoms with Crippen LogP contribution in [0.2, 0.25) is 5.02 Å². The molecule has 0 saturated heterocycles. The number of carbonyl (C=O) groups is 2. The fraction of sp³-hybridized carbons (Fsp3) is 0.385. The van der Waals surface area contributed by atoms with E-state index in [1.807, 2.05) is 0 Å². The summed E-state index contributed by atoms with van der Waals surface area (Å²) in [6.07, 6.45) is 0.812. The van der Waals surface area contributed by atoms with Crippen molar-refractivity contribution in [3.63, 3.8) is 0 Å². The lowest BCUT2D eigenvalue weighted by Gasteiger charge is -2.14. The first kappa shape index (κ1) is 17.5. The molecule has 0 aliphatic carbocycles. The molecular formula is C13H16ClNO5S. The molecule has 0 spiro atoms. The monoisotopic (exact) mass is 333 g/mol. The minimum absolute atomic E-state index is 0.195. The Bertz CT molecular complexity index is 657. The third-order valence-corrected chi connectivity index (χ3v) is 4.20. The SMILES string of the molecule is Cc1ccc(C(=O)NC(CCS(C)(=O)=O)C(=O)O)cc1Cl. The Kier molecular flexibility index (Phi) is 5.74. The van der Waals surface area contributed by atoms with E-state index in [1.165, 1.54) is 12.1 Å². The van der Waals surface area contributed by atoms with Crippen molar-refractivity contribution in [1.29, 1.82) is 0 Å². The van der Waals surface area contributed by atoms with Crippen LogP contribution in [0.3, 0.4) is 0 Å². The number of rotatable bonds is 6. The van der Waals surface area contributed by atoms with E-state index < -0.39 is 27.8 Å². The minimum atomic E-state index is -3.30. The lowest BCUT2D eigenvalue weighted by molar-refractivity contribution is -0.139. The van der Waals surface area contributed by atoms with Gasteiger partial charge in [-0.1, -0.05) is 17.7 Å². The zero-order valence-corrected chi connectivity index (χ0v) is 13.2. The predicted molar refractivity (Wildman–Crippen MR) is 79.4 cm³/mol. The van der Waals surface area contributed by atoms with Crippen molar-refractivity contribution in [3.05, 3.63) is 34.3 Å². The van der Waals surface area contributed by atoms with Gasteiger partial charge in [0.05, 0.1) is 5.75 Å². The van der Waals surface area contributed by atoms with Crippen molar-refractivity contribution < 1.29 is 23.1 Å². The second kappa shape index (κ2) is 6.91. The Balaban J connectivity index is 2.81. The summed E-state index contributed by atoms with van der Waals surface area (Å²) in [5.41, 5.74) is 1.01. The molecule has 0 heterocycles. The predicted octanol–water partition coefficient (Wildman–Crippen LogP) is 1.27. The van der Waals surface area contributed by atoms with Gasteiger partial charge in [0.2, 0.25) is 0 Å². The molecule has 0 aliphatic rings. The Labute approximate surface area is 128 Å². The number of aliphatic carboxylic acids is 1. The number of hydrogen-bond acceptors (Lipinski definition) is 4. The maximum atomic E-state index is 12.0. The fourth-order valence-corrected chi connectivity index (χ4v) is 2.41. The topological polar surface area (TPSA) is 101 Å². The van der Waals surface area contributed by atoms with E-state index in [1.54, 1.807) is 13.0 Å². The summed E-state index contributed by atoms with van der Waals surface area (Å²) in [6.45, 7) is 1.77. The Hall–Kier alpha value is -1.60. The molecule has 0 aliphatic heterocycles. The van der Waals surface area contributed by atoms with E-state index in [-0.39, 0.29) is 17.7 Å². The molecule has 6 nitrogen and oxygen atoms in total. The summed E-state index contributed by atoms with van der Waals surface area (Å²) < 4.78 is 22.1. The summed E-state index contributed by atoms with van der Waals surface area (Å²) in [7, 11) is -3.30. The van der Waals surface area contributed by atoms with Crippen molar-refractivity contribution in [2.45, 2.75) is 19.4 Å². The number of carboxylic acids is 1. The lowest BCUT2D eigenvalue weighted by Crippen LogP contribution is -2.41. The van der Waals surface area contributed by atoms with E-state index in [0.29, 0.717) is 5.02 Å². The van der Waals surface area contributed by atoms with Crippen LogP contribution in [0.15, 0.2) is 18.2 Å². The zero-order valence-electron chi connectivity index (χ0n) is 11.6. The molecule has 116 valence electrons. The highest BCUT2D eigenvalue weighted by Crippen LogP contribution is 2.16. The molecule has 21 heavy (non-hydrogen) atoms. The van der Waals surface area contributed by atoms with Crippen molar-refractivity contribution in [1.82, 2.24) is 5.32 Å². The molecule has 1 atom stereocenters. The largest absolute Gasteiger partial charge is 0.480 e. The normalized spacial score (nSPS) is 12.7. The van der Waals surface area contributed by atoms with Gasteiger partial charge >= 0.3 is 5.97 Å². The van der Waals surface area contributed by atoms with Crippen molar-refractivity contribution in [2.24, 2.45) is 0 Å². The van der Waals surface area contributed by atoms with E-state index in [2.05, 4.69) is 5.32 Å². The average Bonchev–Trinajstić information content (AvgIpc) is 2.36. The van der Waals surface area contributed by atoms with Gasteiger partial charge in [0.1, 0.15) is 15.9 Å². The van der Waals surface area contributed by atoms with Gasteiger partial charge in [-0.2, -0.15) is 0 Å². The maximum absolute atomic E-state index is 12.0. The van der Waals surface area contributed by atoms with E-state index in [0.717, 1.165) is 11.8 Å². The summed E-state index contributed by atoms with van der Waals surface area (Å²) in [6, 6.07) is 3.32. The molecule has 1 unspecified atom stereocenters. The van der Waals surface area contributed by atoms with Crippen LogP contribution >= 0.6 is 11.6 Å². The third-order valence-electron chi connectivity index (χ3n) is 2.81. The van der Waals surface area contributed by atoms with Crippen molar-refractivity contribution >= 4 is 33.3 Å². The zero-order chi connectivity index (χ0) is 16.2. The van der Waals surface area contributed by atoms with Crippen LogP contribution in [0.5, 0.6) is 0 Å². The number of amides is 1. The van der Waals surface area contributed by atoms with Gasteiger partial charge in [-0.3, -0.25) is 4.79 Å². The highest BCUT2D eigenvalue weighted by atomic mass is 35.5. The number of aryl methyl sites for hydroxylation is 1. The van der Waals surface area contributed by atoms with Crippen LogP contribution < -0.4 is 5.32 Å². The lowest BCUT2D eigenvalue weighted by atomic mass is 10.1. The molecule has 0 bridgehead atoms. The maximum Gasteiger partial charge on any atom is 0.326 e. The van der Waals surface area contributed by atoms with Gasteiger partial charge in [0.25, 0.3) is 5.91 Å². The van der Waals surface area contributed by atoms with E-state index in [4.69, 9.17) is 16.7 Å². The molecule has 1 amide bonds. The summed E-state index contributed by atoms with van der Waals surface area (Å²) >= 11 is 5.90. The average molecular weight is 334 g/mol.